The Labute approximate surface area is 178 Å². The van der Waals surface area contributed by atoms with Crippen molar-refractivity contribution in [3.8, 4) is 11.5 Å². The van der Waals surface area contributed by atoms with Gasteiger partial charge in [0.1, 0.15) is 18.1 Å². The number of carbonyl (C=O) groups excluding carboxylic acids is 1. The lowest BCUT2D eigenvalue weighted by Gasteiger charge is -2.38. The average molecular weight is 414 g/mol. The molecule has 162 valence electrons. The number of hydrogen-bond acceptors (Lipinski definition) is 5. The molecule has 1 N–H and O–H groups in total. The summed E-state index contributed by atoms with van der Waals surface area (Å²) in [7, 11) is 1.62. The second kappa shape index (κ2) is 11.0. The zero-order valence-electron chi connectivity index (χ0n) is 17.8. The van der Waals surface area contributed by atoms with Crippen LogP contribution in [0.5, 0.6) is 11.5 Å². The number of nitrogens with one attached hydrogen (secondary N) is 1. The Kier molecular flexibility index (Phi) is 8.11. The third-order valence-corrected chi connectivity index (χ3v) is 5.49. The molecular formula is C24H31NO5. The van der Waals surface area contributed by atoms with Gasteiger partial charge in [0, 0.05) is 32.3 Å². The Balaban J connectivity index is 1.73. The van der Waals surface area contributed by atoms with Crippen molar-refractivity contribution >= 4 is 5.91 Å². The van der Waals surface area contributed by atoms with Crippen LogP contribution in [0.3, 0.4) is 0 Å². The molecule has 0 aromatic heterocycles. The van der Waals surface area contributed by atoms with Gasteiger partial charge in [0.15, 0.2) is 0 Å². The third kappa shape index (κ3) is 5.52. The van der Waals surface area contributed by atoms with Crippen molar-refractivity contribution in [2.24, 2.45) is 0 Å². The maximum Gasteiger partial charge on any atom is 0.255 e. The van der Waals surface area contributed by atoms with E-state index in [2.05, 4.69) is 17.4 Å². The Bertz CT molecular complexity index is 799. The van der Waals surface area contributed by atoms with Crippen molar-refractivity contribution in [1.29, 1.82) is 0 Å². The van der Waals surface area contributed by atoms with E-state index in [-0.39, 0.29) is 11.3 Å². The fraction of sp³-hybridized carbons (Fsp3) is 0.458. The van der Waals surface area contributed by atoms with Crippen LogP contribution >= 0.6 is 0 Å². The third-order valence-electron chi connectivity index (χ3n) is 5.49. The second-order valence-corrected chi connectivity index (χ2v) is 7.37. The van der Waals surface area contributed by atoms with Gasteiger partial charge in [-0.2, -0.15) is 0 Å². The minimum absolute atomic E-state index is 0.139. The van der Waals surface area contributed by atoms with Crippen LogP contribution in [0.2, 0.25) is 0 Å². The summed E-state index contributed by atoms with van der Waals surface area (Å²) in [5.41, 5.74) is 1.56. The first-order chi connectivity index (χ1) is 14.7. The molecule has 0 saturated carbocycles. The van der Waals surface area contributed by atoms with Gasteiger partial charge in [0.05, 0.1) is 18.8 Å². The maximum absolute atomic E-state index is 13.0. The predicted molar refractivity (Wildman–Crippen MR) is 115 cm³/mol. The molecular weight excluding hydrogens is 382 g/mol. The number of rotatable bonds is 10. The van der Waals surface area contributed by atoms with Gasteiger partial charge in [-0.05, 0) is 49.6 Å². The lowest BCUT2D eigenvalue weighted by molar-refractivity contribution is 0.0486. The van der Waals surface area contributed by atoms with E-state index in [9.17, 15) is 4.79 Å². The number of ether oxygens (including phenoxy) is 4. The summed E-state index contributed by atoms with van der Waals surface area (Å²) in [6.45, 7) is 5.38. The van der Waals surface area contributed by atoms with Crippen LogP contribution in [0.4, 0.5) is 0 Å². The Hall–Kier alpha value is -2.57. The number of hydrogen-bond donors (Lipinski definition) is 1. The average Bonchev–Trinajstić information content (AvgIpc) is 2.79. The van der Waals surface area contributed by atoms with E-state index in [0.717, 1.165) is 18.6 Å². The summed E-state index contributed by atoms with van der Waals surface area (Å²) >= 11 is 0. The number of para-hydroxylation sites is 1. The van der Waals surface area contributed by atoms with Crippen LogP contribution in [0.25, 0.3) is 0 Å². The number of amides is 1. The highest BCUT2D eigenvalue weighted by Crippen LogP contribution is 2.35. The predicted octanol–water partition coefficient (Wildman–Crippen LogP) is 3.59. The van der Waals surface area contributed by atoms with E-state index in [1.807, 2.05) is 31.2 Å². The number of benzene rings is 2. The van der Waals surface area contributed by atoms with E-state index in [0.29, 0.717) is 50.9 Å². The normalized spacial score (nSPS) is 15.4. The Morgan fingerprint density at radius 2 is 1.77 bits per heavy atom. The van der Waals surface area contributed by atoms with Gasteiger partial charge in [-0.15, -0.1) is 0 Å². The van der Waals surface area contributed by atoms with Crippen LogP contribution < -0.4 is 14.8 Å². The molecule has 0 radical (unpaired) electrons. The van der Waals surface area contributed by atoms with Crippen LogP contribution in [0.15, 0.2) is 48.5 Å². The lowest BCUT2D eigenvalue weighted by atomic mass is 9.74. The lowest BCUT2D eigenvalue weighted by Crippen LogP contribution is -2.44. The molecule has 0 aliphatic carbocycles. The first-order valence-electron chi connectivity index (χ1n) is 10.5. The molecule has 30 heavy (non-hydrogen) atoms. The van der Waals surface area contributed by atoms with E-state index in [4.69, 9.17) is 18.9 Å². The summed E-state index contributed by atoms with van der Waals surface area (Å²) < 4.78 is 21.9. The van der Waals surface area contributed by atoms with Gasteiger partial charge in [-0.1, -0.05) is 24.3 Å². The van der Waals surface area contributed by atoms with Crippen molar-refractivity contribution in [3.63, 3.8) is 0 Å². The Morgan fingerprint density at radius 1 is 1.03 bits per heavy atom. The van der Waals surface area contributed by atoms with E-state index in [1.54, 1.807) is 19.2 Å². The first kappa shape index (κ1) is 22.1. The molecule has 6 heteroatoms. The molecule has 1 heterocycles. The first-order valence-corrected chi connectivity index (χ1v) is 10.5. The van der Waals surface area contributed by atoms with Crippen molar-refractivity contribution in [2.45, 2.75) is 25.2 Å². The maximum atomic E-state index is 13.0. The van der Waals surface area contributed by atoms with E-state index >= 15 is 0 Å². The smallest absolute Gasteiger partial charge is 0.255 e. The Morgan fingerprint density at radius 3 is 2.47 bits per heavy atom. The van der Waals surface area contributed by atoms with Crippen molar-refractivity contribution in [2.75, 3.05) is 46.7 Å². The molecule has 1 saturated heterocycles. The summed E-state index contributed by atoms with van der Waals surface area (Å²) in [6.07, 6.45) is 1.71. The SMILES string of the molecule is CCOc1ccc(C2(CNC(=O)c3ccccc3OCCOC)CCOCC2)cc1. The van der Waals surface area contributed by atoms with E-state index in [1.165, 1.54) is 5.56 Å². The van der Waals surface area contributed by atoms with Gasteiger partial charge in [-0.3, -0.25) is 4.79 Å². The molecule has 6 nitrogen and oxygen atoms in total. The molecule has 0 spiro atoms. The van der Waals surface area contributed by atoms with E-state index < -0.39 is 0 Å². The standard InChI is InChI=1S/C24H31NO5/c1-3-29-20-10-8-19(9-11-20)24(12-14-28-15-13-24)18-25-23(26)21-6-4-5-7-22(21)30-17-16-27-2/h4-11H,3,12-18H2,1-2H3,(H,25,26). The highest BCUT2D eigenvalue weighted by molar-refractivity contribution is 5.97. The summed E-state index contributed by atoms with van der Waals surface area (Å²) in [4.78, 5) is 13.0. The van der Waals surface area contributed by atoms with Crippen LogP contribution in [-0.4, -0.2) is 52.6 Å². The van der Waals surface area contributed by atoms with Crippen molar-refractivity contribution < 1.29 is 23.7 Å². The molecule has 3 rings (SSSR count). The molecule has 1 fully saturated rings. The zero-order valence-corrected chi connectivity index (χ0v) is 17.8. The molecule has 0 bridgehead atoms. The highest BCUT2D eigenvalue weighted by Gasteiger charge is 2.35. The summed E-state index contributed by atoms with van der Waals surface area (Å²) in [6, 6.07) is 15.5. The zero-order chi connectivity index (χ0) is 21.2. The van der Waals surface area contributed by atoms with Gasteiger partial charge in [0.25, 0.3) is 5.91 Å². The minimum Gasteiger partial charge on any atom is -0.494 e. The van der Waals surface area contributed by atoms with Crippen molar-refractivity contribution in [3.05, 3.63) is 59.7 Å². The number of carbonyl (C=O) groups is 1. The fourth-order valence-electron chi connectivity index (χ4n) is 3.76. The molecule has 2 aromatic rings. The van der Waals surface area contributed by atoms with Gasteiger partial charge < -0.3 is 24.3 Å². The topological polar surface area (TPSA) is 66.0 Å². The molecule has 0 atom stereocenters. The van der Waals surface area contributed by atoms with Gasteiger partial charge in [-0.25, -0.2) is 0 Å². The minimum atomic E-state index is -0.162. The molecule has 1 aliphatic rings. The van der Waals surface area contributed by atoms with Gasteiger partial charge >= 0.3 is 0 Å². The molecule has 0 unspecified atom stereocenters. The highest BCUT2D eigenvalue weighted by atomic mass is 16.5. The molecule has 1 aliphatic heterocycles. The van der Waals surface area contributed by atoms with Crippen LogP contribution in [0, 0.1) is 0 Å². The number of methoxy groups -OCH3 is 1. The molecule has 2 aromatic carbocycles. The van der Waals surface area contributed by atoms with Gasteiger partial charge in [0.2, 0.25) is 0 Å². The quantitative estimate of drug-likeness (QED) is 0.603. The summed E-state index contributed by atoms with van der Waals surface area (Å²) in [5.74, 6) is 1.28. The largest absolute Gasteiger partial charge is 0.494 e. The molecule has 1 amide bonds. The van der Waals surface area contributed by atoms with Crippen LogP contribution in [-0.2, 0) is 14.9 Å². The monoisotopic (exact) mass is 413 g/mol. The summed E-state index contributed by atoms with van der Waals surface area (Å²) in [5, 5.41) is 3.14. The van der Waals surface area contributed by atoms with Crippen LogP contribution in [0.1, 0.15) is 35.7 Å². The fourth-order valence-corrected chi connectivity index (χ4v) is 3.76. The van der Waals surface area contributed by atoms with Crippen molar-refractivity contribution in [1.82, 2.24) is 5.32 Å². The second-order valence-electron chi connectivity index (χ2n) is 7.37.